The highest BCUT2D eigenvalue weighted by Gasteiger charge is 2.10. The number of nitrogens with zero attached hydrogens (tertiary/aromatic N) is 5. The molecule has 120 valence electrons. The topological polar surface area (TPSA) is 68.1 Å². The van der Waals surface area contributed by atoms with E-state index >= 15 is 0 Å². The molecule has 3 heterocycles. The second-order valence-electron chi connectivity index (χ2n) is 6.10. The average molecular weight is 304 g/mol. The Hall–Kier alpha value is -1.73. The predicted octanol–water partition coefficient (Wildman–Crippen LogP) is 1.23. The van der Waals surface area contributed by atoms with E-state index in [1.165, 1.54) is 0 Å². The van der Waals surface area contributed by atoms with Crippen LogP contribution in [0.2, 0.25) is 0 Å². The van der Waals surface area contributed by atoms with Crippen LogP contribution < -0.4 is 5.32 Å². The van der Waals surface area contributed by atoms with Crippen molar-refractivity contribution in [3.05, 3.63) is 12.4 Å². The van der Waals surface area contributed by atoms with E-state index < -0.39 is 0 Å². The van der Waals surface area contributed by atoms with Crippen LogP contribution in [0.15, 0.2) is 12.4 Å². The highest BCUT2D eigenvalue weighted by atomic mass is 16.5. The summed E-state index contributed by atoms with van der Waals surface area (Å²) in [6.07, 6.45) is 3.84. The fourth-order valence-electron chi connectivity index (χ4n) is 2.57. The summed E-state index contributed by atoms with van der Waals surface area (Å²) in [5, 5.41) is 8.78. The maximum atomic E-state index is 5.34. The lowest BCUT2D eigenvalue weighted by molar-refractivity contribution is 0.0398. The molecule has 1 aliphatic rings. The Kier molecular flexibility index (Phi) is 4.84. The summed E-state index contributed by atoms with van der Waals surface area (Å²) >= 11 is 0. The highest BCUT2D eigenvalue weighted by Crippen LogP contribution is 2.12. The van der Waals surface area contributed by atoms with Crippen LogP contribution in [0.4, 0.5) is 5.95 Å². The van der Waals surface area contributed by atoms with Crippen molar-refractivity contribution in [1.29, 1.82) is 0 Å². The van der Waals surface area contributed by atoms with Gasteiger partial charge in [-0.3, -0.25) is 9.58 Å². The fraction of sp³-hybridized carbons (Fsp3) is 0.667. The third-order valence-electron chi connectivity index (χ3n) is 3.67. The van der Waals surface area contributed by atoms with Crippen molar-refractivity contribution in [2.75, 3.05) is 44.7 Å². The predicted molar refractivity (Wildman–Crippen MR) is 85.9 cm³/mol. The quantitative estimate of drug-likeness (QED) is 0.865. The number of fused-ring (bicyclic) bond motifs is 1. The smallest absolute Gasteiger partial charge is 0.224 e. The van der Waals surface area contributed by atoms with Gasteiger partial charge in [0.05, 0.1) is 18.6 Å². The number of rotatable bonds is 6. The lowest BCUT2D eigenvalue weighted by Crippen LogP contribution is -2.39. The standard InChI is InChI=1S/C15H24N6O/c1-12(2)10-21-11-13-9-17-15(18-14(13)19-21)16-3-4-20-5-7-22-8-6-20/h9,11-12H,3-8,10H2,1-2H3,(H,16,18,19). The van der Waals surface area contributed by atoms with Crippen molar-refractivity contribution in [2.45, 2.75) is 20.4 Å². The molecule has 1 N–H and O–H groups in total. The van der Waals surface area contributed by atoms with Gasteiger partial charge >= 0.3 is 0 Å². The molecule has 3 rings (SSSR count). The molecule has 0 unspecified atom stereocenters. The minimum absolute atomic E-state index is 0.563. The number of morpholine rings is 1. The van der Waals surface area contributed by atoms with Crippen LogP contribution in [-0.4, -0.2) is 64.0 Å². The van der Waals surface area contributed by atoms with Gasteiger partial charge in [0.15, 0.2) is 5.65 Å². The Morgan fingerprint density at radius 2 is 2.14 bits per heavy atom. The normalized spacial score (nSPS) is 16.5. The summed E-state index contributed by atoms with van der Waals surface area (Å²) < 4.78 is 7.29. The fourth-order valence-corrected chi connectivity index (χ4v) is 2.57. The summed E-state index contributed by atoms with van der Waals surface area (Å²) in [4.78, 5) is 11.2. The van der Waals surface area contributed by atoms with Gasteiger partial charge in [-0.1, -0.05) is 13.8 Å². The first kappa shape index (κ1) is 15.2. The van der Waals surface area contributed by atoms with Crippen LogP contribution in [0.3, 0.4) is 0 Å². The average Bonchev–Trinajstić information content (AvgIpc) is 2.89. The van der Waals surface area contributed by atoms with Gasteiger partial charge in [0.2, 0.25) is 5.95 Å². The van der Waals surface area contributed by atoms with E-state index in [1.807, 2.05) is 17.1 Å². The Balaban J connectivity index is 1.57. The molecule has 2 aromatic heterocycles. The van der Waals surface area contributed by atoms with Crippen LogP contribution in [0.25, 0.3) is 11.0 Å². The largest absolute Gasteiger partial charge is 0.379 e. The van der Waals surface area contributed by atoms with Gasteiger partial charge in [0.25, 0.3) is 0 Å². The second kappa shape index (κ2) is 7.02. The zero-order chi connectivity index (χ0) is 15.4. The third-order valence-corrected chi connectivity index (χ3v) is 3.67. The molecular formula is C15H24N6O. The molecule has 0 spiro atoms. The molecule has 7 heteroatoms. The first-order valence-electron chi connectivity index (χ1n) is 7.95. The minimum atomic E-state index is 0.563. The summed E-state index contributed by atoms with van der Waals surface area (Å²) in [7, 11) is 0. The van der Waals surface area contributed by atoms with Crippen molar-refractivity contribution in [3.8, 4) is 0 Å². The zero-order valence-corrected chi connectivity index (χ0v) is 13.3. The summed E-state index contributed by atoms with van der Waals surface area (Å²) in [5.74, 6) is 1.21. The van der Waals surface area contributed by atoms with Crippen LogP contribution in [0.1, 0.15) is 13.8 Å². The van der Waals surface area contributed by atoms with E-state index in [0.717, 1.165) is 57.0 Å². The highest BCUT2D eigenvalue weighted by molar-refractivity contribution is 5.73. The Morgan fingerprint density at radius 1 is 1.32 bits per heavy atom. The maximum Gasteiger partial charge on any atom is 0.224 e. The zero-order valence-electron chi connectivity index (χ0n) is 13.3. The lowest BCUT2D eigenvalue weighted by atomic mass is 10.2. The molecule has 0 amide bonds. The van der Waals surface area contributed by atoms with Crippen molar-refractivity contribution in [2.24, 2.45) is 5.92 Å². The Bertz CT molecular complexity index is 605. The van der Waals surface area contributed by atoms with Crippen molar-refractivity contribution in [1.82, 2.24) is 24.6 Å². The SMILES string of the molecule is CC(C)Cn1cc2cnc(NCCN3CCOCC3)nc2n1. The molecule has 0 aromatic carbocycles. The lowest BCUT2D eigenvalue weighted by Gasteiger charge is -2.26. The molecule has 7 nitrogen and oxygen atoms in total. The minimum Gasteiger partial charge on any atom is -0.379 e. The second-order valence-corrected chi connectivity index (χ2v) is 6.10. The maximum absolute atomic E-state index is 5.34. The van der Waals surface area contributed by atoms with Gasteiger partial charge in [-0.25, -0.2) is 4.98 Å². The van der Waals surface area contributed by atoms with Crippen LogP contribution in [-0.2, 0) is 11.3 Å². The van der Waals surface area contributed by atoms with Gasteiger partial charge in [-0.05, 0) is 5.92 Å². The van der Waals surface area contributed by atoms with E-state index in [9.17, 15) is 0 Å². The van der Waals surface area contributed by atoms with Gasteiger partial charge in [-0.2, -0.15) is 10.1 Å². The molecule has 0 saturated carbocycles. The Labute approximate surface area is 130 Å². The number of anilines is 1. The molecule has 22 heavy (non-hydrogen) atoms. The summed E-state index contributed by atoms with van der Waals surface area (Å²) in [6, 6.07) is 0. The van der Waals surface area contributed by atoms with Crippen molar-refractivity contribution < 1.29 is 4.74 Å². The number of hydrogen-bond donors (Lipinski definition) is 1. The van der Waals surface area contributed by atoms with Gasteiger partial charge in [0, 0.05) is 45.1 Å². The number of ether oxygens (including phenoxy) is 1. The first-order chi connectivity index (χ1) is 10.7. The molecule has 2 aromatic rings. The number of hydrogen-bond acceptors (Lipinski definition) is 6. The Morgan fingerprint density at radius 3 is 2.91 bits per heavy atom. The van der Waals surface area contributed by atoms with Gasteiger partial charge in [0.1, 0.15) is 0 Å². The van der Waals surface area contributed by atoms with Crippen LogP contribution in [0, 0.1) is 5.92 Å². The van der Waals surface area contributed by atoms with Gasteiger partial charge < -0.3 is 10.1 Å². The molecular weight excluding hydrogens is 280 g/mol. The molecule has 0 aliphatic carbocycles. The van der Waals surface area contributed by atoms with Crippen molar-refractivity contribution >= 4 is 17.0 Å². The van der Waals surface area contributed by atoms with Crippen LogP contribution >= 0.6 is 0 Å². The monoisotopic (exact) mass is 304 g/mol. The van der Waals surface area contributed by atoms with Gasteiger partial charge in [-0.15, -0.1) is 0 Å². The van der Waals surface area contributed by atoms with E-state index in [4.69, 9.17) is 4.74 Å². The third kappa shape index (κ3) is 3.92. The molecule has 1 fully saturated rings. The number of nitrogens with one attached hydrogen (secondary N) is 1. The summed E-state index contributed by atoms with van der Waals surface area (Å²) in [5.41, 5.74) is 0.754. The van der Waals surface area contributed by atoms with E-state index in [0.29, 0.717) is 11.9 Å². The molecule has 0 bridgehead atoms. The molecule has 0 radical (unpaired) electrons. The molecule has 1 saturated heterocycles. The summed E-state index contributed by atoms with van der Waals surface area (Å²) in [6.45, 7) is 10.7. The van der Waals surface area contributed by atoms with E-state index in [1.54, 1.807) is 0 Å². The van der Waals surface area contributed by atoms with E-state index in [-0.39, 0.29) is 0 Å². The van der Waals surface area contributed by atoms with Crippen molar-refractivity contribution in [3.63, 3.8) is 0 Å². The molecule has 1 aliphatic heterocycles. The molecule has 0 atom stereocenters. The number of aromatic nitrogens is 4. The van der Waals surface area contributed by atoms with Crippen LogP contribution in [0.5, 0.6) is 0 Å². The first-order valence-corrected chi connectivity index (χ1v) is 7.95. The van der Waals surface area contributed by atoms with E-state index in [2.05, 4.69) is 39.1 Å².